The van der Waals surface area contributed by atoms with E-state index in [0.29, 0.717) is 19.3 Å². The molecule has 0 fully saturated rings. The topological polar surface area (TPSA) is 78.9 Å². The fraction of sp³-hybridized carbons (Fsp3) is 0.824. The Hall–Kier alpha value is -2.89. The van der Waals surface area contributed by atoms with Crippen LogP contribution in [0.1, 0.15) is 374 Å². The van der Waals surface area contributed by atoms with Gasteiger partial charge in [-0.1, -0.05) is 306 Å². The minimum absolute atomic E-state index is 0.0756. The van der Waals surface area contributed by atoms with Gasteiger partial charge in [0.1, 0.15) is 13.2 Å². The summed E-state index contributed by atoms with van der Waals surface area (Å²) in [7, 11) is 0. The minimum atomic E-state index is -0.781. The number of hydrogen-bond donors (Lipinski definition) is 0. The summed E-state index contributed by atoms with van der Waals surface area (Å²) in [5, 5.41) is 0. The molecule has 0 N–H and O–H groups in total. The number of carbonyl (C=O) groups excluding carboxylic acids is 3. The number of rotatable bonds is 65. The number of allylic oxidation sites excluding steroid dienone is 10. The highest BCUT2D eigenvalue weighted by molar-refractivity contribution is 5.71. The molecule has 80 heavy (non-hydrogen) atoms. The Kier molecular flexibility index (Phi) is 66.1. The SMILES string of the molecule is CCCCC/C=C\C/C=C\CCCCCCCCCC(=O)OCC(COC(=O)CCCCCCCCCCCCCCCCC/C=C\C/C=C\CCCCCCC)OC(=O)CCCCCCCCC/C=C\CCCCCCCCC. The van der Waals surface area contributed by atoms with Crippen LogP contribution in [0.15, 0.2) is 60.8 Å². The maximum Gasteiger partial charge on any atom is 0.306 e. The molecule has 0 aromatic carbocycles. The van der Waals surface area contributed by atoms with Crippen LogP contribution in [0.3, 0.4) is 0 Å². The third kappa shape index (κ3) is 65.9. The van der Waals surface area contributed by atoms with Gasteiger partial charge in [-0.25, -0.2) is 0 Å². The van der Waals surface area contributed by atoms with E-state index in [0.717, 1.165) is 77.0 Å². The molecule has 0 bridgehead atoms. The van der Waals surface area contributed by atoms with Gasteiger partial charge in [0.2, 0.25) is 0 Å². The summed E-state index contributed by atoms with van der Waals surface area (Å²) in [5.74, 6) is -0.866. The first-order valence-corrected chi connectivity index (χ1v) is 35.3. The molecule has 0 spiro atoms. The summed E-state index contributed by atoms with van der Waals surface area (Å²) in [4.78, 5) is 38.4. The first-order valence-electron chi connectivity index (χ1n) is 35.3. The maximum absolute atomic E-state index is 12.9. The summed E-state index contributed by atoms with van der Waals surface area (Å²) in [6.45, 7) is 6.65. The Morgan fingerprint density at radius 1 is 0.250 bits per heavy atom. The van der Waals surface area contributed by atoms with Crippen molar-refractivity contribution in [2.75, 3.05) is 13.2 Å². The normalized spacial score (nSPS) is 12.4. The summed E-state index contributed by atoms with van der Waals surface area (Å²) >= 11 is 0. The predicted molar refractivity (Wildman–Crippen MR) is 348 cm³/mol. The molecule has 0 aliphatic heterocycles. The van der Waals surface area contributed by atoms with E-state index in [-0.39, 0.29) is 31.1 Å². The molecule has 0 aromatic rings. The second kappa shape index (κ2) is 68.6. The van der Waals surface area contributed by atoms with Crippen molar-refractivity contribution in [3.63, 3.8) is 0 Å². The van der Waals surface area contributed by atoms with Crippen molar-refractivity contribution < 1.29 is 28.6 Å². The van der Waals surface area contributed by atoms with Gasteiger partial charge in [-0.05, 0) is 109 Å². The highest BCUT2D eigenvalue weighted by Crippen LogP contribution is 2.17. The smallest absolute Gasteiger partial charge is 0.306 e. The van der Waals surface area contributed by atoms with Crippen molar-refractivity contribution in [2.24, 2.45) is 0 Å². The molecule has 0 aromatic heterocycles. The number of carbonyl (C=O) groups is 3. The lowest BCUT2D eigenvalue weighted by Crippen LogP contribution is -2.30. The van der Waals surface area contributed by atoms with Gasteiger partial charge < -0.3 is 14.2 Å². The zero-order chi connectivity index (χ0) is 57.8. The third-order valence-corrected chi connectivity index (χ3v) is 15.7. The van der Waals surface area contributed by atoms with Crippen LogP contribution >= 0.6 is 0 Å². The van der Waals surface area contributed by atoms with Crippen LogP contribution in [0, 0.1) is 0 Å². The van der Waals surface area contributed by atoms with E-state index in [2.05, 4.69) is 81.5 Å². The van der Waals surface area contributed by atoms with Crippen molar-refractivity contribution in [3.05, 3.63) is 60.8 Å². The predicted octanol–water partition coefficient (Wildman–Crippen LogP) is 24.3. The standard InChI is InChI=1S/C74H134O6/c1-4-7-10-13-16-19-22-25-28-31-33-34-35-36-37-38-39-40-41-44-46-49-52-55-58-61-64-67-73(76)79-70-71(69-78-72(75)66-63-60-57-54-51-48-45-42-30-27-24-21-18-15-12-9-6-3)80-74(77)68-65-62-59-56-53-50-47-43-32-29-26-23-20-17-14-11-8-5-2/h18,21-22,25,27,29-33,71H,4-17,19-20,23-24,26,28,34-70H2,1-3H3/b21-18-,25-22-,30-27-,32-29-,33-31-. The van der Waals surface area contributed by atoms with Gasteiger partial charge in [-0.3, -0.25) is 14.4 Å². The van der Waals surface area contributed by atoms with E-state index in [9.17, 15) is 14.4 Å². The molecule has 1 atom stereocenters. The first-order chi connectivity index (χ1) is 39.5. The van der Waals surface area contributed by atoms with Crippen LogP contribution in [0.4, 0.5) is 0 Å². The van der Waals surface area contributed by atoms with Crippen molar-refractivity contribution >= 4 is 17.9 Å². The quantitative estimate of drug-likeness (QED) is 0.0261. The van der Waals surface area contributed by atoms with E-state index in [4.69, 9.17) is 14.2 Å². The van der Waals surface area contributed by atoms with Crippen molar-refractivity contribution in [1.82, 2.24) is 0 Å². The fourth-order valence-corrected chi connectivity index (χ4v) is 10.4. The molecule has 0 aliphatic carbocycles. The lowest BCUT2D eigenvalue weighted by molar-refractivity contribution is -0.167. The fourth-order valence-electron chi connectivity index (χ4n) is 10.4. The van der Waals surface area contributed by atoms with E-state index >= 15 is 0 Å². The van der Waals surface area contributed by atoms with Crippen LogP contribution in [0.5, 0.6) is 0 Å². The monoisotopic (exact) mass is 1120 g/mol. The van der Waals surface area contributed by atoms with Gasteiger partial charge in [0.05, 0.1) is 0 Å². The van der Waals surface area contributed by atoms with E-state index in [1.807, 2.05) is 0 Å². The largest absolute Gasteiger partial charge is 0.462 e. The van der Waals surface area contributed by atoms with Crippen LogP contribution in [-0.2, 0) is 28.6 Å². The van der Waals surface area contributed by atoms with Crippen LogP contribution in [0.25, 0.3) is 0 Å². The Bertz CT molecular complexity index is 1430. The lowest BCUT2D eigenvalue weighted by Gasteiger charge is -2.18. The molecular weight excluding hydrogens is 985 g/mol. The molecule has 0 radical (unpaired) electrons. The highest BCUT2D eigenvalue weighted by Gasteiger charge is 2.19. The van der Waals surface area contributed by atoms with Crippen molar-refractivity contribution in [3.8, 4) is 0 Å². The van der Waals surface area contributed by atoms with Gasteiger partial charge >= 0.3 is 17.9 Å². The number of ether oxygens (including phenoxy) is 3. The van der Waals surface area contributed by atoms with Crippen molar-refractivity contribution in [2.45, 2.75) is 380 Å². The van der Waals surface area contributed by atoms with Gasteiger partial charge in [0, 0.05) is 19.3 Å². The number of esters is 3. The second-order valence-corrected chi connectivity index (χ2v) is 23.8. The van der Waals surface area contributed by atoms with E-state index in [1.54, 1.807) is 0 Å². The maximum atomic E-state index is 12.9. The number of hydrogen-bond acceptors (Lipinski definition) is 6. The average Bonchev–Trinajstić information content (AvgIpc) is 3.46. The molecule has 0 saturated carbocycles. The van der Waals surface area contributed by atoms with Gasteiger partial charge in [-0.15, -0.1) is 0 Å². The van der Waals surface area contributed by atoms with E-state index in [1.165, 1.54) is 257 Å². The Morgan fingerprint density at radius 2 is 0.450 bits per heavy atom. The van der Waals surface area contributed by atoms with Gasteiger partial charge in [0.25, 0.3) is 0 Å². The molecule has 0 saturated heterocycles. The second-order valence-electron chi connectivity index (χ2n) is 23.8. The summed E-state index contributed by atoms with van der Waals surface area (Å²) in [6, 6.07) is 0. The highest BCUT2D eigenvalue weighted by atomic mass is 16.6. The Morgan fingerprint density at radius 3 is 0.725 bits per heavy atom. The molecule has 466 valence electrons. The molecular formula is C74H134O6. The molecule has 6 heteroatoms. The van der Waals surface area contributed by atoms with Gasteiger partial charge in [0.15, 0.2) is 6.10 Å². The number of unbranched alkanes of at least 4 members (excludes halogenated alkanes) is 44. The zero-order valence-corrected chi connectivity index (χ0v) is 53.6. The third-order valence-electron chi connectivity index (χ3n) is 15.7. The average molecular weight is 1120 g/mol. The van der Waals surface area contributed by atoms with Crippen LogP contribution < -0.4 is 0 Å². The van der Waals surface area contributed by atoms with Crippen molar-refractivity contribution in [1.29, 1.82) is 0 Å². The van der Waals surface area contributed by atoms with Crippen LogP contribution in [-0.4, -0.2) is 37.2 Å². The van der Waals surface area contributed by atoms with Crippen LogP contribution in [0.2, 0.25) is 0 Å². The van der Waals surface area contributed by atoms with Gasteiger partial charge in [-0.2, -0.15) is 0 Å². The molecule has 6 nitrogen and oxygen atoms in total. The molecule has 0 heterocycles. The lowest BCUT2D eigenvalue weighted by atomic mass is 10.0. The Labute approximate surface area is 498 Å². The summed E-state index contributed by atoms with van der Waals surface area (Å²) in [5.41, 5.74) is 0. The molecule has 1 unspecified atom stereocenters. The molecule has 0 aliphatic rings. The minimum Gasteiger partial charge on any atom is -0.462 e. The molecule has 0 amide bonds. The summed E-state index contributed by atoms with van der Waals surface area (Å²) in [6.07, 6.45) is 88.1. The van der Waals surface area contributed by atoms with E-state index < -0.39 is 6.10 Å². The summed E-state index contributed by atoms with van der Waals surface area (Å²) < 4.78 is 17.0. The zero-order valence-electron chi connectivity index (χ0n) is 53.6. The Balaban J connectivity index is 4.29. The molecule has 0 rings (SSSR count). The first kappa shape index (κ1) is 77.1.